The highest BCUT2D eigenvalue weighted by Crippen LogP contribution is 2.33. The third-order valence-corrected chi connectivity index (χ3v) is 4.43. The molecule has 0 saturated carbocycles. The zero-order valence-corrected chi connectivity index (χ0v) is 16.4. The molecule has 1 fully saturated rings. The predicted molar refractivity (Wildman–Crippen MR) is 107 cm³/mol. The lowest BCUT2D eigenvalue weighted by Gasteiger charge is -2.32. The molecular formula is C21H28N2O5. The summed E-state index contributed by atoms with van der Waals surface area (Å²) in [7, 11) is 0. The van der Waals surface area contributed by atoms with Crippen LogP contribution in [-0.2, 0) is 16.0 Å². The van der Waals surface area contributed by atoms with Gasteiger partial charge in [-0.3, -0.25) is 0 Å². The molecule has 7 nitrogen and oxygen atoms in total. The van der Waals surface area contributed by atoms with Gasteiger partial charge < -0.3 is 25.2 Å². The third-order valence-electron chi connectivity index (χ3n) is 4.43. The first-order valence-corrected chi connectivity index (χ1v) is 9.28. The van der Waals surface area contributed by atoms with Crippen LogP contribution in [0.4, 0.5) is 4.79 Å². The van der Waals surface area contributed by atoms with Gasteiger partial charge in [0, 0.05) is 19.2 Å². The van der Waals surface area contributed by atoms with E-state index in [0.717, 1.165) is 30.2 Å². The van der Waals surface area contributed by atoms with Crippen molar-refractivity contribution in [3.8, 4) is 5.75 Å². The summed E-state index contributed by atoms with van der Waals surface area (Å²) in [6, 6.07) is 5.70. The molecule has 0 unspecified atom stereocenters. The van der Waals surface area contributed by atoms with E-state index < -0.39 is 5.97 Å². The average molecular weight is 388 g/mol. The second kappa shape index (κ2) is 9.94. The number of carboxylic acid groups (broad SMARTS) is 1. The number of allylic oxidation sites excluding steroid dienone is 2. The Morgan fingerprint density at radius 3 is 2.54 bits per heavy atom. The van der Waals surface area contributed by atoms with E-state index in [0.29, 0.717) is 26.3 Å². The second-order valence-corrected chi connectivity index (χ2v) is 7.22. The molecule has 28 heavy (non-hydrogen) atoms. The number of urea groups is 1. The quantitative estimate of drug-likeness (QED) is 0.612. The van der Waals surface area contributed by atoms with Crippen molar-refractivity contribution < 1.29 is 24.2 Å². The molecule has 0 aliphatic carbocycles. The van der Waals surface area contributed by atoms with E-state index in [1.54, 1.807) is 11.0 Å². The average Bonchev–Trinajstić information content (AvgIpc) is 2.66. The maximum Gasteiger partial charge on any atom is 0.328 e. The van der Waals surface area contributed by atoms with E-state index in [1.807, 2.05) is 18.2 Å². The van der Waals surface area contributed by atoms with Crippen LogP contribution >= 0.6 is 0 Å². The minimum Gasteiger partial charge on any atom is -0.488 e. The number of rotatable bonds is 3. The van der Waals surface area contributed by atoms with Gasteiger partial charge in [-0.1, -0.05) is 24.3 Å². The highest BCUT2D eigenvalue weighted by Gasteiger charge is 2.26. The molecule has 0 atom stereocenters. The summed E-state index contributed by atoms with van der Waals surface area (Å²) in [5, 5.41) is 8.48. The fourth-order valence-electron chi connectivity index (χ4n) is 2.87. The monoisotopic (exact) mass is 388 g/mol. The van der Waals surface area contributed by atoms with E-state index in [4.69, 9.17) is 20.3 Å². The van der Waals surface area contributed by atoms with Gasteiger partial charge in [-0.25, -0.2) is 9.59 Å². The van der Waals surface area contributed by atoms with E-state index in [9.17, 15) is 9.59 Å². The zero-order valence-electron chi connectivity index (χ0n) is 16.4. The Morgan fingerprint density at radius 1 is 1.21 bits per heavy atom. The topological polar surface area (TPSA) is 102 Å². The number of benzene rings is 1. The summed E-state index contributed by atoms with van der Waals surface area (Å²) in [5.74, 6) is 0.0141. The highest BCUT2D eigenvalue weighted by atomic mass is 16.5. The summed E-state index contributed by atoms with van der Waals surface area (Å²) in [6.45, 7) is 6.69. The molecule has 3 N–H and O–H groups in total. The molecule has 1 aromatic carbocycles. The largest absolute Gasteiger partial charge is 0.488 e. The van der Waals surface area contributed by atoms with Crippen molar-refractivity contribution in [2.75, 3.05) is 26.3 Å². The SMILES string of the molecule is CC1(C)CCc2cc(/C=C/C=C/C(=O)O)ccc2O1.NC(=O)N1CCOCC1. The number of carbonyl (C=O) groups is 2. The number of nitrogens with two attached hydrogens (primary N) is 1. The maximum atomic E-state index is 10.4. The van der Waals surface area contributed by atoms with Gasteiger partial charge in [-0.2, -0.15) is 0 Å². The van der Waals surface area contributed by atoms with Crippen molar-refractivity contribution in [2.45, 2.75) is 32.3 Å². The van der Waals surface area contributed by atoms with Crippen molar-refractivity contribution in [3.05, 3.63) is 47.6 Å². The molecule has 0 spiro atoms. The van der Waals surface area contributed by atoms with E-state index >= 15 is 0 Å². The fourth-order valence-corrected chi connectivity index (χ4v) is 2.87. The van der Waals surface area contributed by atoms with Crippen molar-refractivity contribution in [3.63, 3.8) is 0 Å². The van der Waals surface area contributed by atoms with Crippen LogP contribution in [0.3, 0.4) is 0 Å². The zero-order chi connectivity index (χ0) is 20.6. The molecule has 7 heteroatoms. The number of carbonyl (C=O) groups excluding carboxylic acids is 1. The van der Waals surface area contributed by atoms with Gasteiger partial charge in [0.25, 0.3) is 0 Å². The highest BCUT2D eigenvalue weighted by molar-refractivity contribution is 5.80. The van der Waals surface area contributed by atoms with Crippen LogP contribution < -0.4 is 10.5 Å². The van der Waals surface area contributed by atoms with Gasteiger partial charge in [0.2, 0.25) is 0 Å². The van der Waals surface area contributed by atoms with Crippen molar-refractivity contribution in [1.29, 1.82) is 0 Å². The molecule has 3 rings (SSSR count). The van der Waals surface area contributed by atoms with E-state index in [1.165, 1.54) is 11.6 Å². The molecule has 0 radical (unpaired) electrons. The molecule has 2 heterocycles. The minimum atomic E-state index is -0.939. The molecule has 152 valence electrons. The van der Waals surface area contributed by atoms with Crippen LogP contribution in [0.25, 0.3) is 6.08 Å². The lowest BCUT2D eigenvalue weighted by Crippen LogP contribution is -2.43. The molecule has 0 bridgehead atoms. The number of primary amides is 1. The fraction of sp³-hybridized carbons (Fsp3) is 0.429. The summed E-state index contributed by atoms with van der Waals surface area (Å²) in [4.78, 5) is 22.3. The van der Waals surface area contributed by atoms with Crippen LogP contribution in [0.1, 0.15) is 31.4 Å². The summed E-state index contributed by atoms with van der Waals surface area (Å²) < 4.78 is 10.9. The minimum absolute atomic E-state index is 0.0887. The number of morpholine rings is 1. The molecule has 2 amide bonds. The van der Waals surface area contributed by atoms with Crippen molar-refractivity contribution in [1.82, 2.24) is 4.90 Å². The summed E-state index contributed by atoms with van der Waals surface area (Å²) in [5.41, 5.74) is 7.17. The molecule has 1 saturated heterocycles. The van der Waals surface area contributed by atoms with Gasteiger partial charge >= 0.3 is 12.0 Å². The van der Waals surface area contributed by atoms with Gasteiger partial charge in [-0.05, 0) is 49.9 Å². The van der Waals surface area contributed by atoms with Crippen LogP contribution in [-0.4, -0.2) is 53.9 Å². The number of hydrogen-bond donors (Lipinski definition) is 2. The summed E-state index contributed by atoms with van der Waals surface area (Å²) >= 11 is 0. The van der Waals surface area contributed by atoms with E-state index in [2.05, 4.69) is 19.9 Å². The van der Waals surface area contributed by atoms with Crippen molar-refractivity contribution in [2.24, 2.45) is 5.73 Å². The van der Waals surface area contributed by atoms with Crippen LogP contribution in [0.5, 0.6) is 5.75 Å². The number of nitrogens with zero attached hydrogens (tertiary/aromatic N) is 1. The smallest absolute Gasteiger partial charge is 0.328 e. The molecule has 0 aromatic heterocycles. The Morgan fingerprint density at radius 2 is 1.93 bits per heavy atom. The lowest BCUT2D eigenvalue weighted by atomic mass is 9.93. The molecule has 1 aromatic rings. The Labute approximate surface area is 165 Å². The third kappa shape index (κ3) is 7.08. The molecule has 2 aliphatic rings. The van der Waals surface area contributed by atoms with Crippen LogP contribution in [0, 0.1) is 0 Å². The number of fused-ring (bicyclic) bond motifs is 1. The Kier molecular flexibility index (Phi) is 7.63. The van der Waals surface area contributed by atoms with Crippen LogP contribution in [0.15, 0.2) is 36.4 Å². The Bertz CT molecular complexity index is 749. The number of aliphatic carboxylic acids is 1. The number of ether oxygens (including phenoxy) is 2. The molecule has 2 aliphatic heterocycles. The molecular weight excluding hydrogens is 360 g/mol. The first-order valence-electron chi connectivity index (χ1n) is 9.28. The maximum absolute atomic E-state index is 10.4. The van der Waals surface area contributed by atoms with Gasteiger partial charge in [0.1, 0.15) is 11.4 Å². The normalized spacial score (nSPS) is 18.1. The number of hydrogen-bond acceptors (Lipinski definition) is 4. The number of aryl methyl sites for hydroxylation is 1. The first-order chi connectivity index (χ1) is 13.3. The number of amides is 2. The van der Waals surface area contributed by atoms with Gasteiger partial charge in [-0.15, -0.1) is 0 Å². The predicted octanol–water partition coefficient (Wildman–Crippen LogP) is 2.84. The Balaban J connectivity index is 0.000000261. The van der Waals surface area contributed by atoms with Crippen LogP contribution in [0.2, 0.25) is 0 Å². The van der Waals surface area contributed by atoms with Crippen molar-refractivity contribution >= 4 is 18.1 Å². The van der Waals surface area contributed by atoms with E-state index in [-0.39, 0.29) is 11.6 Å². The standard InChI is InChI=1S/C16H18O3.C5H10N2O2/c1-16(2)10-9-13-11-12(7-8-14(13)19-16)5-3-4-6-15(17)18;6-5(8)7-1-3-9-4-2-7/h3-8,11H,9-10H2,1-2H3,(H,17,18);1-4H2,(H2,6,8)/b5-3+,6-4+;. The Hall–Kier alpha value is -2.80. The van der Waals surface area contributed by atoms with Gasteiger partial charge in [0.15, 0.2) is 0 Å². The first kappa shape index (κ1) is 21.5. The van der Waals surface area contributed by atoms with Gasteiger partial charge in [0.05, 0.1) is 13.2 Å². The summed E-state index contributed by atoms with van der Waals surface area (Å²) in [6.07, 6.45) is 8.26. The second-order valence-electron chi connectivity index (χ2n) is 7.22. The number of carboxylic acids is 1. The lowest BCUT2D eigenvalue weighted by molar-refractivity contribution is -0.131.